The Bertz CT molecular complexity index is 920. The number of nitrogens with zero attached hydrogens (tertiary/aromatic N) is 4. The van der Waals surface area contributed by atoms with Gasteiger partial charge in [0, 0.05) is 15.8 Å². The topological polar surface area (TPSA) is 89.8 Å². The number of aromatic nitrogens is 3. The van der Waals surface area contributed by atoms with Crippen LogP contribution in [0, 0.1) is 11.3 Å². The molecule has 0 aliphatic heterocycles. The molecule has 0 aliphatic carbocycles. The van der Waals surface area contributed by atoms with E-state index < -0.39 is 0 Å². The van der Waals surface area contributed by atoms with E-state index in [4.69, 9.17) is 15.8 Å². The molecule has 132 valence electrons. The highest BCUT2D eigenvalue weighted by molar-refractivity contribution is 9.10. The fourth-order valence-electron chi connectivity index (χ4n) is 2.29. The van der Waals surface area contributed by atoms with Gasteiger partial charge in [-0.2, -0.15) is 5.26 Å². The van der Waals surface area contributed by atoms with Gasteiger partial charge in [0.05, 0.1) is 19.1 Å². The van der Waals surface area contributed by atoms with Crippen molar-refractivity contribution in [1.29, 1.82) is 5.26 Å². The van der Waals surface area contributed by atoms with Crippen LogP contribution in [-0.4, -0.2) is 27.2 Å². The molecule has 3 rings (SSSR count). The average Bonchev–Trinajstić information content (AvgIpc) is 3.01. The van der Waals surface area contributed by atoms with E-state index >= 15 is 0 Å². The van der Waals surface area contributed by atoms with E-state index in [1.807, 2.05) is 48.5 Å². The Morgan fingerprint density at radius 1 is 1.15 bits per heavy atom. The molecule has 2 aromatic carbocycles. The zero-order valence-corrected chi connectivity index (χ0v) is 16.2. The van der Waals surface area contributed by atoms with Crippen molar-refractivity contribution in [3.63, 3.8) is 0 Å². The summed E-state index contributed by atoms with van der Waals surface area (Å²) in [7, 11) is 0. The van der Waals surface area contributed by atoms with E-state index in [1.165, 1.54) is 16.4 Å². The normalized spacial score (nSPS) is 10.5. The van der Waals surface area contributed by atoms with E-state index in [2.05, 4.69) is 32.2 Å². The molecule has 0 amide bonds. The molecule has 0 fully saturated rings. The molecule has 0 saturated carbocycles. The lowest BCUT2D eigenvalue weighted by atomic mass is 10.2. The van der Waals surface area contributed by atoms with Gasteiger partial charge in [-0.1, -0.05) is 52.0 Å². The molecule has 3 aromatic rings. The number of thioether (sulfide) groups is 1. The van der Waals surface area contributed by atoms with E-state index in [0.29, 0.717) is 29.8 Å². The van der Waals surface area contributed by atoms with Crippen LogP contribution in [0.1, 0.15) is 5.56 Å². The predicted octanol–water partition coefficient (Wildman–Crippen LogP) is 3.66. The molecule has 1 heterocycles. The van der Waals surface area contributed by atoms with Gasteiger partial charge in [0.25, 0.3) is 0 Å². The lowest BCUT2D eigenvalue weighted by Gasteiger charge is -2.07. The smallest absolute Gasteiger partial charge is 0.210 e. The third-order valence-electron chi connectivity index (χ3n) is 3.57. The fraction of sp³-hybridized carbons (Fsp3) is 0.167. The standard InChI is InChI=1S/C18H16BrN5OS/c19-16-4-2-1-3-15(16)17-22-23-18(24(17)21)26-12-11-25-14-7-5-13(6-8-14)9-10-20/h1-8H,9,11-12,21H2. The number of hydrogen-bond donors (Lipinski definition) is 1. The number of benzene rings is 2. The second-order valence-electron chi connectivity index (χ2n) is 5.33. The lowest BCUT2D eigenvalue weighted by molar-refractivity contribution is 0.344. The van der Waals surface area contributed by atoms with Crippen molar-refractivity contribution in [1.82, 2.24) is 14.9 Å². The minimum atomic E-state index is 0.405. The van der Waals surface area contributed by atoms with Crippen molar-refractivity contribution in [2.45, 2.75) is 11.6 Å². The van der Waals surface area contributed by atoms with Gasteiger partial charge in [-0.05, 0) is 29.8 Å². The van der Waals surface area contributed by atoms with E-state index in [9.17, 15) is 0 Å². The molecule has 2 N–H and O–H groups in total. The average molecular weight is 430 g/mol. The third-order valence-corrected chi connectivity index (χ3v) is 5.17. The van der Waals surface area contributed by atoms with Crippen LogP contribution in [0.25, 0.3) is 11.4 Å². The molecule has 0 aliphatic rings. The monoisotopic (exact) mass is 429 g/mol. The van der Waals surface area contributed by atoms with Crippen molar-refractivity contribution in [3.8, 4) is 23.2 Å². The van der Waals surface area contributed by atoms with Crippen LogP contribution in [0.3, 0.4) is 0 Å². The summed E-state index contributed by atoms with van der Waals surface area (Å²) >= 11 is 4.98. The summed E-state index contributed by atoms with van der Waals surface area (Å²) < 4.78 is 8.10. The number of nitriles is 1. The first-order valence-electron chi connectivity index (χ1n) is 7.86. The number of nitrogens with two attached hydrogens (primary N) is 1. The zero-order chi connectivity index (χ0) is 18.4. The SMILES string of the molecule is N#CCc1ccc(OCCSc2nnc(-c3ccccc3Br)n2N)cc1. The summed E-state index contributed by atoms with van der Waals surface area (Å²) in [6.07, 6.45) is 0.405. The van der Waals surface area contributed by atoms with Crippen LogP contribution in [-0.2, 0) is 6.42 Å². The molecule has 0 atom stereocenters. The maximum Gasteiger partial charge on any atom is 0.210 e. The van der Waals surface area contributed by atoms with Gasteiger partial charge in [-0.25, -0.2) is 4.68 Å². The van der Waals surface area contributed by atoms with Crippen molar-refractivity contribution < 1.29 is 4.74 Å². The Hall–Kier alpha value is -2.50. The maximum atomic E-state index is 8.67. The Balaban J connectivity index is 1.54. The minimum Gasteiger partial charge on any atom is -0.493 e. The lowest BCUT2D eigenvalue weighted by Crippen LogP contribution is -2.12. The first-order valence-corrected chi connectivity index (χ1v) is 9.64. The van der Waals surface area contributed by atoms with Gasteiger partial charge in [0.15, 0.2) is 5.82 Å². The zero-order valence-electron chi connectivity index (χ0n) is 13.8. The van der Waals surface area contributed by atoms with E-state index in [0.717, 1.165) is 21.3 Å². The number of halogens is 1. The number of hydrogen-bond acceptors (Lipinski definition) is 6. The number of rotatable bonds is 7. The molecule has 0 radical (unpaired) electrons. The summed E-state index contributed by atoms with van der Waals surface area (Å²) in [6.45, 7) is 0.513. The molecule has 1 aromatic heterocycles. The quantitative estimate of drug-likeness (QED) is 0.350. The second-order valence-corrected chi connectivity index (χ2v) is 7.25. The molecule has 0 bridgehead atoms. The van der Waals surface area contributed by atoms with E-state index in [-0.39, 0.29) is 0 Å². The number of nitrogen functional groups attached to an aromatic ring is 1. The molecule has 0 spiro atoms. The van der Waals surface area contributed by atoms with Gasteiger partial charge in [-0.15, -0.1) is 10.2 Å². The summed E-state index contributed by atoms with van der Waals surface area (Å²) in [5, 5.41) is 17.6. The molecule has 26 heavy (non-hydrogen) atoms. The fourth-order valence-corrected chi connectivity index (χ4v) is 3.42. The largest absolute Gasteiger partial charge is 0.493 e. The van der Waals surface area contributed by atoms with Crippen LogP contribution in [0.2, 0.25) is 0 Å². The number of ether oxygens (including phenoxy) is 1. The predicted molar refractivity (Wildman–Crippen MR) is 105 cm³/mol. The summed E-state index contributed by atoms with van der Waals surface area (Å²) in [4.78, 5) is 0. The highest BCUT2D eigenvalue weighted by Crippen LogP contribution is 2.27. The van der Waals surface area contributed by atoms with Crippen LogP contribution in [0.15, 0.2) is 58.2 Å². The molecule has 8 heteroatoms. The first kappa shape index (κ1) is 18.3. The molecular formula is C18H16BrN5OS. The summed E-state index contributed by atoms with van der Waals surface area (Å²) in [5.41, 5.74) is 1.87. The minimum absolute atomic E-state index is 0.405. The van der Waals surface area contributed by atoms with Crippen LogP contribution in [0.4, 0.5) is 0 Å². The Kier molecular flexibility index (Phi) is 6.15. The van der Waals surface area contributed by atoms with Crippen LogP contribution >= 0.6 is 27.7 Å². The van der Waals surface area contributed by atoms with Gasteiger partial charge < -0.3 is 10.6 Å². The summed E-state index contributed by atoms with van der Waals surface area (Å²) in [6, 6.07) is 17.4. The van der Waals surface area contributed by atoms with Gasteiger partial charge >= 0.3 is 0 Å². The summed E-state index contributed by atoms with van der Waals surface area (Å²) in [5.74, 6) is 8.19. The van der Waals surface area contributed by atoms with Gasteiger partial charge in [-0.3, -0.25) is 0 Å². The van der Waals surface area contributed by atoms with Gasteiger partial charge in [0.2, 0.25) is 5.16 Å². The molecule has 0 saturated heterocycles. The van der Waals surface area contributed by atoms with Crippen molar-refractivity contribution in [2.75, 3.05) is 18.2 Å². The maximum absolute atomic E-state index is 8.67. The Morgan fingerprint density at radius 2 is 1.92 bits per heavy atom. The first-order chi connectivity index (χ1) is 12.7. The second kappa shape index (κ2) is 8.74. The molecule has 0 unspecified atom stereocenters. The highest BCUT2D eigenvalue weighted by Gasteiger charge is 2.14. The van der Waals surface area contributed by atoms with Crippen LogP contribution in [0.5, 0.6) is 5.75 Å². The van der Waals surface area contributed by atoms with Crippen molar-refractivity contribution in [3.05, 3.63) is 58.6 Å². The molecular weight excluding hydrogens is 414 g/mol. The Morgan fingerprint density at radius 3 is 2.65 bits per heavy atom. The molecule has 6 nitrogen and oxygen atoms in total. The van der Waals surface area contributed by atoms with Crippen molar-refractivity contribution in [2.24, 2.45) is 0 Å². The van der Waals surface area contributed by atoms with Crippen LogP contribution < -0.4 is 10.6 Å². The van der Waals surface area contributed by atoms with Crippen molar-refractivity contribution >= 4 is 27.7 Å². The Labute approximate surface area is 164 Å². The van der Waals surface area contributed by atoms with E-state index in [1.54, 1.807) is 0 Å². The third kappa shape index (κ3) is 4.36. The highest BCUT2D eigenvalue weighted by atomic mass is 79.9. The van der Waals surface area contributed by atoms with Gasteiger partial charge in [0.1, 0.15) is 5.75 Å².